The predicted molar refractivity (Wildman–Crippen MR) is 72.6 cm³/mol. The van der Waals surface area contributed by atoms with E-state index in [0.29, 0.717) is 5.56 Å². The second-order valence-corrected chi connectivity index (χ2v) is 5.01. The Kier molecular flexibility index (Phi) is 2.97. The Hall–Kier alpha value is -2.69. The molecule has 1 aromatic carbocycles. The number of rotatable bonds is 2. The molecule has 0 aliphatic heterocycles. The fraction of sp³-hybridized carbons (Fsp3) is 0.188. The van der Waals surface area contributed by atoms with Gasteiger partial charge in [0.25, 0.3) is 0 Å². The summed E-state index contributed by atoms with van der Waals surface area (Å²) < 4.78 is 10.3. The molecule has 5 heteroatoms. The molecule has 0 bridgehead atoms. The van der Waals surface area contributed by atoms with E-state index in [0.717, 1.165) is 0 Å². The van der Waals surface area contributed by atoms with Crippen LogP contribution in [0.4, 0.5) is 0 Å². The van der Waals surface area contributed by atoms with E-state index in [1.54, 1.807) is 38.1 Å². The monoisotopic (exact) mass is 284 g/mol. The second-order valence-electron chi connectivity index (χ2n) is 5.01. The van der Waals surface area contributed by atoms with Crippen molar-refractivity contribution in [2.45, 2.75) is 20.0 Å². The lowest BCUT2D eigenvalue weighted by Crippen LogP contribution is -2.18. The molecule has 1 heterocycles. The summed E-state index contributed by atoms with van der Waals surface area (Å²) in [6.07, 6.45) is -0.316. The fourth-order valence-corrected chi connectivity index (χ4v) is 2.25. The van der Waals surface area contributed by atoms with Crippen molar-refractivity contribution in [3.63, 3.8) is 0 Å². The normalized spacial score (nSPS) is 13.1. The molecule has 0 unspecified atom stereocenters. The number of hydrogen-bond donors (Lipinski definition) is 0. The number of furan rings is 1. The van der Waals surface area contributed by atoms with Crippen molar-refractivity contribution in [2.75, 3.05) is 0 Å². The molecular weight excluding hydrogens is 272 g/mol. The highest BCUT2D eigenvalue weighted by atomic mass is 16.6. The summed E-state index contributed by atoms with van der Waals surface area (Å²) in [5.74, 6) is -1.65. The van der Waals surface area contributed by atoms with Crippen molar-refractivity contribution in [1.82, 2.24) is 0 Å². The first-order valence-corrected chi connectivity index (χ1v) is 6.52. The van der Waals surface area contributed by atoms with Gasteiger partial charge in [-0.1, -0.05) is 24.3 Å². The summed E-state index contributed by atoms with van der Waals surface area (Å²) in [5.41, 5.74) is 0.710. The molecule has 0 radical (unpaired) electrons. The molecule has 0 N–H and O–H groups in total. The van der Waals surface area contributed by atoms with Crippen LogP contribution in [-0.4, -0.2) is 23.6 Å². The maximum atomic E-state index is 12.3. The molecule has 5 nitrogen and oxygen atoms in total. The molecule has 0 atom stereocenters. The number of ether oxygens (including phenoxy) is 1. The Morgan fingerprint density at radius 3 is 2.29 bits per heavy atom. The van der Waals surface area contributed by atoms with Crippen molar-refractivity contribution < 1.29 is 23.5 Å². The van der Waals surface area contributed by atoms with Crippen molar-refractivity contribution in [2.24, 2.45) is 0 Å². The third kappa shape index (κ3) is 2.07. The zero-order valence-corrected chi connectivity index (χ0v) is 11.5. The number of benzene rings is 1. The van der Waals surface area contributed by atoms with Gasteiger partial charge in [-0.2, -0.15) is 0 Å². The topological polar surface area (TPSA) is 73.6 Å². The first-order valence-electron chi connectivity index (χ1n) is 6.52. The van der Waals surface area contributed by atoms with Crippen molar-refractivity contribution in [1.29, 1.82) is 0 Å². The van der Waals surface area contributed by atoms with Gasteiger partial charge in [-0.25, -0.2) is 4.79 Å². The molecule has 0 fully saturated rings. The summed E-state index contributed by atoms with van der Waals surface area (Å²) in [7, 11) is 0. The van der Waals surface area contributed by atoms with Crippen LogP contribution in [0, 0.1) is 0 Å². The van der Waals surface area contributed by atoms with E-state index < -0.39 is 11.8 Å². The maximum absolute atomic E-state index is 12.3. The number of carbonyl (C=O) groups excluding carboxylic acids is 3. The van der Waals surface area contributed by atoms with Gasteiger partial charge >= 0.3 is 5.97 Å². The minimum Gasteiger partial charge on any atom is -0.457 e. The van der Waals surface area contributed by atoms with E-state index in [4.69, 9.17) is 9.15 Å². The quantitative estimate of drug-likeness (QED) is 0.676. The molecule has 106 valence electrons. The molecule has 1 aliphatic rings. The Bertz CT molecular complexity index is 714. The van der Waals surface area contributed by atoms with Crippen LogP contribution < -0.4 is 0 Å². The summed E-state index contributed by atoms with van der Waals surface area (Å²) in [4.78, 5) is 36.5. The average Bonchev–Trinajstić information content (AvgIpc) is 2.90. The van der Waals surface area contributed by atoms with E-state index in [-0.39, 0.29) is 34.5 Å². The van der Waals surface area contributed by atoms with Crippen LogP contribution in [0.1, 0.15) is 56.4 Å². The van der Waals surface area contributed by atoms with Crippen LogP contribution in [0.25, 0.3) is 0 Å². The zero-order valence-electron chi connectivity index (χ0n) is 11.5. The molecular formula is C16H12O5. The van der Waals surface area contributed by atoms with Crippen molar-refractivity contribution >= 4 is 17.5 Å². The van der Waals surface area contributed by atoms with Gasteiger partial charge < -0.3 is 9.15 Å². The van der Waals surface area contributed by atoms with Crippen LogP contribution in [0.3, 0.4) is 0 Å². The lowest BCUT2D eigenvalue weighted by atomic mass is 9.89. The molecule has 21 heavy (non-hydrogen) atoms. The van der Waals surface area contributed by atoms with Crippen LogP contribution in [0.5, 0.6) is 0 Å². The van der Waals surface area contributed by atoms with E-state index in [1.165, 1.54) is 6.07 Å². The third-order valence-corrected chi connectivity index (χ3v) is 3.14. The number of esters is 1. The highest BCUT2D eigenvalue weighted by Crippen LogP contribution is 2.29. The molecule has 1 aliphatic carbocycles. The van der Waals surface area contributed by atoms with Gasteiger partial charge in [-0.05, 0) is 13.8 Å². The maximum Gasteiger partial charge on any atom is 0.374 e. The first-order chi connectivity index (χ1) is 9.99. The standard InChI is InChI=1S/C16H12O5/c1-8(2)20-16(19)12-7-11-13(17)9-5-3-4-6-10(9)14(18)15(11)21-12/h3-8H,1-2H3. The molecule has 2 aromatic rings. The van der Waals surface area contributed by atoms with Crippen LogP contribution in [0.15, 0.2) is 34.7 Å². The van der Waals surface area contributed by atoms with Crippen molar-refractivity contribution in [3.8, 4) is 0 Å². The van der Waals surface area contributed by atoms with Crippen LogP contribution >= 0.6 is 0 Å². The lowest BCUT2D eigenvalue weighted by molar-refractivity contribution is 0.0340. The third-order valence-electron chi connectivity index (χ3n) is 3.14. The van der Waals surface area contributed by atoms with Gasteiger partial charge in [-0.15, -0.1) is 0 Å². The Morgan fingerprint density at radius 1 is 1.05 bits per heavy atom. The van der Waals surface area contributed by atoms with E-state index in [2.05, 4.69) is 0 Å². The SMILES string of the molecule is CC(C)OC(=O)c1cc2c(o1)C(=O)c1ccccc1C2=O. The largest absolute Gasteiger partial charge is 0.457 e. The molecule has 0 saturated carbocycles. The van der Waals surface area contributed by atoms with Gasteiger partial charge in [0, 0.05) is 17.2 Å². The van der Waals surface area contributed by atoms with Gasteiger partial charge in [0.15, 0.2) is 11.5 Å². The zero-order chi connectivity index (χ0) is 15.1. The first kappa shape index (κ1) is 13.3. The number of hydrogen-bond acceptors (Lipinski definition) is 5. The van der Waals surface area contributed by atoms with Crippen LogP contribution in [-0.2, 0) is 4.74 Å². The average molecular weight is 284 g/mol. The van der Waals surface area contributed by atoms with Crippen LogP contribution in [0.2, 0.25) is 0 Å². The van der Waals surface area contributed by atoms with E-state index >= 15 is 0 Å². The highest BCUT2D eigenvalue weighted by Gasteiger charge is 2.34. The summed E-state index contributed by atoms with van der Waals surface area (Å²) in [6, 6.07) is 7.77. The van der Waals surface area contributed by atoms with Crippen molar-refractivity contribution in [3.05, 3.63) is 58.5 Å². The summed E-state index contributed by atoms with van der Waals surface area (Å²) >= 11 is 0. The smallest absolute Gasteiger partial charge is 0.374 e. The van der Waals surface area contributed by atoms with Gasteiger partial charge in [0.1, 0.15) is 0 Å². The highest BCUT2D eigenvalue weighted by molar-refractivity contribution is 6.27. The molecule has 0 spiro atoms. The van der Waals surface area contributed by atoms with E-state index in [9.17, 15) is 14.4 Å². The van der Waals surface area contributed by atoms with E-state index in [1.807, 2.05) is 0 Å². The minimum absolute atomic E-state index is 0.102. The lowest BCUT2D eigenvalue weighted by Gasteiger charge is -2.11. The number of carbonyl (C=O) groups is 3. The Balaban J connectivity index is 2.07. The van der Waals surface area contributed by atoms with Gasteiger partial charge in [0.05, 0.1) is 11.7 Å². The predicted octanol–water partition coefficient (Wildman–Crippen LogP) is 2.62. The minimum atomic E-state index is -0.691. The van der Waals surface area contributed by atoms with Gasteiger partial charge in [-0.3, -0.25) is 9.59 Å². The summed E-state index contributed by atoms with van der Waals surface area (Å²) in [6.45, 7) is 3.40. The number of fused-ring (bicyclic) bond motifs is 2. The Labute approximate surface area is 120 Å². The molecule has 1 aromatic heterocycles. The summed E-state index contributed by atoms with van der Waals surface area (Å²) in [5, 5.41) is 0. The Morgan fingerprint density at radius 2 is 1.67 bits per heavy atom. The molecule has 0 saturated heterocycles. The van der Waals surface area contributed by atoms with Gasteiger partial charge in [0.2, 0.25) is 11.5 Å². The molecule has 3 rings (SSSR count). The fourth-order valence-electron chi connectivity index (χ4n) is 2.25. The number of ketones is 2. The molecule has 0 amide bonds. The second kappa shape index (κ2) is 4.70.